The summed E-state index contributed by atoms with van der Waals surface area (Å²) in [6, 6.07) is 0. The number of oxazole rings is 1. The molecule has 0 spiro atoms. The summed E-state index contributed by atoms with van der Waals surface area (Å²) in [5.41, 5.74) is -0.0393. The number of nitrogens with zero attached hydrogens (tertiary/aromatic N) is 2. The Bertz CT molecular complexity index is 560. The lowest BCUT2D eigenvalue weighted by atomic mass is 9.94. The van der Waals surface area contributed by atoms with Crippen molar-refractivity contribution in [1.29, 1.82) is 0 Å². The topological polar surface area (TPSA) is 80.9 Å². The fourth-order valence-electron chi connectivity index (χ4n) is 2.76. The smallest absolute Gasteiger partial charge is 0.216 e. The van der Waals surface area contributed by atoms with Gasteiger partial charge >= 0.3 is 0 Å². The Morgan fingerprint density at radius 3 is 2.74 bits per heavy atom. The van der Waals surface area contributed by atoms with Gasteiger partial charge in [-0.1, -0.05) is 20.8 Å². The summed E-state index contributed by atoms with van der Waals surface area (Å²) >= 11 is 0. The van der Waals surface area contributed by atoms with Crippen molar-refractivity contribution in [3.63, 3.8) is 0 Å². The minimum Gasteiger partial charge on any atom is -0.443 e. The van der Waals surface area contributed by atoms with Gasteiger partial charge in [-0.3, -0.25) is 0 Å². The van der Waals surface area contributed by atoms with E-state index in [0.29, 0.717) is 18.4 Å². The molecule has 0 amide bonds. The van der Waals surface area contributed by atoms with Crippen molar-refractivity contribution < 1.29 is 13.9 Å². The third-order valence-corrected chi connectivity index (χ3v) is 4.46. The van der Waals surface area contributed by atoms with Gasteiger partial charge in [-0.15, -0.1) is 0 Å². The molecular weight excluding hydrogens is 344 g/mol. The van der Waals surface area contributed by atoms with Crippen LogP contribution >= 0.6 is 0 Å². The first kappa shape index (κ1) is 21.7. The van der Waals surface area contributed by atoms with Crippen molar-refractivity contribution in [3.8, 4) is 0 Å². The molecule has 27 heavy (non-hydrogen) atoms. The highest BCUT2D eigenvalue weighted by molar-refractivity contribution is 5.79. The van der Waals surface area contributed by atoms with Crippen LogP contribution in [0.1, 0.15) is 58.6 Å². The van der Waals surface area contributed by atoms with E-state index in [0.717, 1.165) is 70.5 Å². The van der Waals surface area contributed by atoms with E-state index < -0.39 is 0 Å². The van der Waals surface area contributed by atoms with E-state index in [1.54, 1.807) is 6.20 Å². The maximum atomic E-state index is 5.80. The zero-order valence-electron chi connectivity index (χ0n) is 17.3. The Hall–Kier alpha value is -1.60. The van der Waals surface area contributed by atoms with Crippen LogP contribution in [0.4, 0.5) is 0 Å². The summed E-state index contributed by atoms with van der Waals surface area (Å²) in [5, 5.41) is 6.58. The Kier molecular flexibility index (Phi) is 9.07. The summed E-state index contributed by atoms with van der Waals surface area (Å²) in [7, 11) is 0. The molecule has 1 fully saturated rings. The fraction of sp³-hybridized carbons (Fsp3) is 0.800. The number of aliphatic imine (C=N–C) groups is 1. The second-order valence-electron chi connectivity index (χ2n) is 7.97. The van der Waals surface area contributed by atoms with E-state index in [-0.39, 0.29) is 5.41 Å². The molecule has 0 aliphatic carbocycles. The summed E-state index contributed by atoms with van der Waals surface area (Å²) in [6.45, 7) is 13.8. The first-order valence-corrected chi connectivity index (χ1v) is 10.1. The SMILES string of the molecule is CCNC(=NCc1ncc(C(C)(C)C)o1)NCCCOCC1CCOCC1. The molecule has 0 aromatic carbocycles. The Morgan fingerprint density at radius 2 is 2.07 bits per heavy atom. The molecule has 0 saturated carbocycles. The molecule has 0 unspecified atom stereocenters. The monoisotopic (exact) mass is 380 g/mol. The summed E-state index contributed by atoms with van der Waals surface area (Å²) in [6.07, 6.45) is 4.97. The number of hydrogen-bond donors (Lipinski definition) is 2. The molecule has 1 saturated heterocycles. The van der Waals surface area contributed by atoms with E-state index in [9.17, 15) is 0 Å². The minimum atomic E-state index is -0.0393. The normalized spacial score (nSPS) is 16.5. The summed E-state index contributed by atoms with van der Waals surface area (Å²) in [4.78, 5) is 8.88. The second kappa shape index (κ2) is 11.3. The molecule has 7 heteroatoms. The van der Waals surface area contributed by atoms with Crippen molar-refractivity contribution in [3.05, 3.63) is 17.8 Å². The van der Waals surface area contributed by atoms with Gasteiger partial charge in [-0.2, -0.15) is 0 Å². The van der Waals surface area contributed by atoms with Gasteiger partial charge in [0.1, 0.15) is 12.3 Å². The molecule has 0 bridgehead atoms. The number of nitrogens with one attached hydrogen (secondary N) is 2. The van der Waals surface area contributed by atoms with E-state index in [1.165, 1.54) is 0 Å². The predicted molar refractivity (Wildman–Crippen MR) is 107 cm³/mol. The molecule has 2 heterocycles. The largest absolute Gasteiger partial charge is 0.443 e. The molecule has 0 atom stereocenters. The van der Waals surface area contributed by atoms with E-state index in [4.69, 9.17) is 13.9 Å². The number of aromatic nitrogens is 1. The molecule has 1 aromatic rings. The number of rotatable bonds is 9. The lowest BCUT2D eigenvalue weighted by Crippen LogP contribution is -2.38. The number of guanidine groups is 1. The second-order valence-corrected chi connectivity index (χ2v) is 7.97. The highest BCUT2D eigenvalue weighted by atomic mass is 16.5. The van der Waals surface area contributed by atoms with Crippen LogP contribution in [0.2, 0.25) is 0 Å². The zero-order chi connectivity index (χ0) is 19.5. The van der Waals surface area contributed by atoms with Crippen LogP contribution in [-0.2, 0) is 21.4 Å². The average molecular weight is 381 g/mol. The van der Waals surface area contributed by atoms with E-state index in [2.05, 4.69) is 48.3 Å². The molecule has 7 nitrogen and oxygen atoms in total. The third-order valence-electron chi connectivity index (χ3n) is 4.46. The highest BCUT2D eigenvalue weighted by Crippen LogP contribution is 2.22. The highest BCUT2D eigenvalue weighted by Gasteiger charge is 2.19. The van der Waals surface area contributed by atoms with Crippen LogP contribution in [0.25, 0.3) is 0 Å². The first-order valence-electron chi connectivity index (χ1n) is 10.1. The quantitative estimate of drug-likeness (QED) is 0.389. The van der Waals surface area contributed by atoms with Crippen LogP contribution in [0.15, 0.2) is 15.6 Å². The van der Waals surface area contributed by atoms with Gasteiger partial charge in [-0.05, 0) is 32.1 Å². The third kappa shape index (κ3) is 8.30. The Morgan fingerprint density at radius 1 is 1.30 bits per heavy atom. The van der Waals surface area contributed by atoms with E-state index in [1.807, 2.05) is 0 Å². The van der Waals surface area contributed by atoms with Gasteiger partial charge in [0.25, 0.3) is 0 Å². The lowest BCUT2D eigenvalue weighted by Gasteiger charge is -2.21. The average Bonchev–Trinajstić information content (AvgIpc) is 3.13. The molecule has 2 rings (SSSR count). The van der Waals surface area contributed by atoms with Crippen LogP contribution in [-0.4, -0.2) is 50.5 Å². The van der Waals surface area contributed by atoms with Crippen LogP contribution in [0.5, 0.6) is 0 Å². The number of ether oxygens (including phenoxy) is 2. The van der Waals surface area contributed by atoms with Crippen molar-refractivity contribution in [2.75, 3.05) is 39.5 Å². The standard InChI is InChI=1S/C20H36N4O3/c1-5-21-19(24-14-18-23-13-17(27-18)20(2,3)4)22-9-6-10-26-15-16-7-11-25-12-8-16/h13,16H,5-12,14-15H2,1-4H3,(H2,21,22,24). The van der Waals surface area contributed by atoms with Gasteiger partial charge in [0.15, 0.2) is 5.96 Å². The summed E-state index contributed by atoms with van der Waals surface area (Å²) < 4.78 is 17.0. The molecular formula is C20H36N4O3. The fourth-order valence-corrected chi connectivity index (χ4v) is 2.76. The Balaban J connectivity index is 1.66. The predicted octanol–water partition coefficient (Wildman–Crippen LogP) is 2.86. The van der Waals surface area contributed by atoms with E-state index >= 15 is 0 Å². The maximum Gasteiger partial charge on any atom is 0.216 e. The van der Waals surface area contributed by atoms with Gasteiger partial charge in [0.05, 0.1) is 6.20 Å². The van der Waals surface area contributed by atoms with Gasteiger partial charge in [-0.25, -0.2) is 9.98 Å². The molecule has 1 aromatic heterocycles. The van der Waals surface area contributed by atoms with Gasteiger partial charge in [0, 0.05) is 44.9 Å². The van der Waals surface area contributed by atoms with Crippen LogP contribution in [0.3, 0.4) is 0 Å². The molecule has 0 radical (unpaired) electrons. The van der Waals surface area contributed by atoms with Crippen LogP contribution in [0, 0.1) is 5.92 Å². The van der Waals surface area contributed by atoms with Crippen molar-refractivity contribution in [2.45, 2.75) is 58.9 Å². The first-order chi connectivity index (χ1) is 13.0. The molecule has 1 aliphatic heterocycles. The maximum absolute atomic E-state index is 5.80. The number of hydrogen-bond acceptors (Lipinski definition) is 5. The molecule has 154 valence electrons. The molecule has 2 N–H and O–H groups in total. The van der Waals surface area contributed by atoms with Crippen LogP contribution < -0.4 is 10.6 Å². The van der Waals surface area contributed by atoms with Crippen molar-refractivity contribution in [1.82, 2.24) is 15.6 Å². The summed E-state index contributed by atoms with van der Waals surface area (Å²) in [5.74, 6) is 2.95. The minimum absolute atomic E-state index is 0.0393. The molecule has 1 aliphatic rings. The van der Waals surface area contributed by atoms with Crippen molar-refractivity contribution in [2.24, 2.45) is 10.9 Å². The lowest BCUT2D eigenvalue weighted by molar-refractivity contribution is 0.0203. The van der Waals surface area contributed by atoms with Crippen molar-refractivity contribution >= 4 is 5.96 Å². The Labute approximate surface area is 163 Å². The zero-order valence-corrected chi connectivity index (χ0v) is 17.3. The van der Waals surface area contributed by atoms with Gasteiger partial charge < -0.3 is 24.5 Å². The van der Waals surface area contributed by atoms with Gasteiger partial charge in [0.2, 0.25) is 5.89 Å².